The SMILES string of the molecule is CC1(C)c2ccccc2-c2ccc(N(c3ccc(-c4ccccc4)cc3)c3ccc4ccc5c(-c6ccc7c(c6)c6ccccc6c6ccc8oc9ccccc9c8c67)ccc6ccc3c4c65)cc21. The van der Waals surface area contributed by atoms with Crippen LogP contribution in [0.4, 0.5) is 17.1 Å². The van der Waals surface area contributed by atoms with E-state index in [-0.39, 0.29) is 5.41 Å². The number of rotatable bonds is 5. The summed E-state index contributed by atoms with van der Waals surface area (Å²) in [5.74, 6) is 0. The predicted molar refractivity (Wildman–Crippen MR) is 293 cm³/mol. The van der Waals surface area contributed by atoms with Gasteiger partial charge in [0.1, 0.15) is 11.2 Å². The van der Waals surface area contributed by atoms with Gasteiger partial charge in [-0.25, -0.2) is 0 Å². The Morgan fingerprint density at radius 2 is 0.899 bits per heavy atom. The smallest absolute Gasteiger partial charge is 0.136 e. The zero-order valence-corrected chi connectivity index (χ0v) is 38.2. The number of anilines is 3. The van der Waals surface area contributed by atoms with Gasteiger partial charge >= 0.3 is 0 Å². The maximum Gasteiger partial charge on any atom is 0.136 e. The van der Waals surface area contributed by atoms with E-state index in [4.69, 9.17) is 4.42 Å². The highest BCUT2D eigenvalue weighted by atomic mass is 16.3. The Morgan fingerprint density at radius 3 is 1.74 bits per heavy atom. The summed E-state index contributed by atoms with van der Waals surface area (Å²) in [5, 5.41) is 17.4. The lowest BCUT2D eigenvalue weighted by Gasteiger charge is -2.30. The Bertz CT molecular complexity index is 4440. The highest BCUT2D eigenvalue weighted by Crippen LogP contribution is 2.52. The fourth-order valence-corrected chi connectivity index (χ4v) is 12.4. The van der Waals surface area contributed by atoms with Crippen LogP contribution in [0.2, 0.25) is 0 Å². The van der Waals surface area contributed by atoms with Gasteiger partial charge in [0.15, 0.2) is 0 Å². The number of fused-ring (bicyclic) bond motifs is 13. The van der Waals surface area contributed by atoms with Crippen LogP contribution in [0, 0.1) is 0 Å². The van der Waals surface area contributed by atoms with Crippen molar-refractivity contribution < 1.29 is 4.42 Å². The second kappa shape index (κ2) is 14.2. The largest absolute Gasteiger partial charge is 0.456 e. The Balaban J connectivity index is 0.945. The van der Waals surface area contributed by atoms with E-state index in [2.05, 4.69) is 243 Å². The van der Waals surface area contributed by atoms with Gasteiger partial charge in [-0.15, -0.1) is 0 Å². The molecule has 69 heavy (non-hydrogen) atoms. The molecule has 15 rings (SSSR count). The molecule has 2 nitrogen and oxygen atoms in total. The molecule has 0 atom stereocenters. The first-order valence-corrected chi connectivity index (χ1v) is 24.1. The third kappa shape index (κ3) is 5.43. The Hall–Kier alpha value is -8.72. The topological polar surface area (TPSA) is 16.4 Å². The van der Waals surface area contributed by atoms with E-state index in [9.17, 15) is 0 Å². The van der Waals surface area contributed by atoms with Crippen molar-refractivity contribution in [3.8, 4) is 33.4 Å². The lowest BCUT2D eigenvalue weighted by Crippen LogP contribution is -2.16. The minimum Gasteiger partial charge on any atom is -0.456 e. The molecule has 0 saturated carbocycles. The summed E-state index contributed by atoms with van der Waals surface area (Å²) in [6, 6.07) is 83.3. The van der Waals surface area contributed by atoms with E-state index in [1.165, 1.54) is 115 Å². The van der Waals surface area contributed by atoms with Crippen LogP contribution in [0.5, 0.6) is 0 Å². The fourth-order valence-electron chi connectivity index (χ4n) is 12.4. The third-order valence-corrected chi connectivity index (χ3v) is 15.6. The van der Waals surface area contributed by atoms with Crippen molar-refractivity contribution in [1.29, 1.82) is 0 Å². The minimum absolute atomic E-state index is 0.133. The molecule has 1 aromatic heterocycles. The summed E-state index contributed by atoms with van der Waals surface area (Å²) >= 11 is 0. The Labute approximate surface area is 399 Å². The summed E-state index contributed by atoms with van der Waals surface area (Å²) < 4.78 is 6.45. The van der Waals surface area contributed by atoms with Crippen LogP contribution in [-0.2, 0) is 5.41 Å². The number of benzene rings is 13. The van der Waals surface area contributed by atoms with Crippen molar-refractivity contribution in [3.63, 3.8) is 0 Å². The molecule has 0 aliphatic heterocycles. The third-order valence-electron chi connectivity index (χ3n) is 15.6. The Morgan fingerprint density at radius 1 is 0.319 bits per heavy atom. The van der Waals surface area contributed by atoms with Crippen LogP contribution in [0.1, 0.15) is 25.0 Å². The molecular formula is C67H43NO. The summed E-state index contributed by atoms with van der Waals surface area (Å²) in [7, 11) is 0. The molecule has 2 heteroatoms. The predicted octanol–water partition coefficient (Wildman–Crippen LogP) is 19.1. The van der Waals surface area contributed by atoms with Gasteiger partial charge in [-0.3, -0.25) is 0 Å². The number of furan rings is 1. The van der Waals surface area contributed by atoms with E-state index < -0.39 is 0 Å². The molecule has 0 N–H and O–H groups in total. The lowest BCUT2D eigenvalue weighted by molar-refractivity contribution is 0.660. The van der Waals surface area contributed by atoms with Gasteiger partial charge in [0, 0.05) is 38.3 Å². The van der Waals surface area contributed by atoms with Crippen LogP contribution in [-0.4, -0.2) is 0 Å². The van der Waals surface area contributed by atoms with E-state index in [0.29, 0.717) is 0 Å². The Kier molecular flexibility index (Phi) is 7.87. The number of para-hydroxylation sites is 1. The molecule has 322 valence electrons. The summed E-state index contributed by atoms with van der Waals surface area (Å²) in [4.78, 5) is 2.49. The van der Waals surface area contributed by atoms with Gasteiger partial charge < -0.3 is 9.32 Å². The van der Waals surface area contributed by atoms with Gasteiger partial charge in [0.05, 0.1) is 5.69 Å². The monoisotopic (exact) mass is 877 g/mol. The van der Waals surface area contributed by atoms with Gasteiger partial charge in [-0.05, 0) is 153 Å². The van der Waals surface area contributed by atoms with Crippen molar-refractivity contribution in [2.45, 2.75) is 19.3 Å². The molecule has 0 fully saturated rings. The van der Waals surface area contributed by atoms with Crippen LogP contribution < -0.4 is 4.90 Å². The van der Waals surface area contributed by atoms with Crippen molar-refractivity contribution in [2.75, 3.05) is 4.90 Å². The molecule has 1 heterocycles. The average molecular weight is 878 g/mol. The van der Waals surface area contributed by atoms with E-state index >= 15 is 0 Å². The van der Waals surface area contributed by atoms with Crippen LogP contribution >= 0.6 is 0 Å². The molecule has 1 aliphatic rings. The van der Waals surface area contributed by atoms with Gasteiger partial charge in [-0.1, -0.05) is 184 Å². The molecule has 1 aliphatic carbocycles. The van der Waals surface area contributed by atoms with Crippen LogP contribution in [0.25, 0.3) is 120 Å². The second-order valence-corrected chi connectivity index (χ2v) is 19.5. The van der Waals surface area contributed by atoms with Crippen molar-refractivity contribution in [1.82, 2.24) is 0 Å². The summed E-state index contributed by atoms with van der Waals surface area (Å²) in [6.45, 7) is 4.74. The van der Waals surface area contributed by atoms with Crippen molar-refractivity contribution in [3.05, 3.63) is 236 Å². The van der Waals surface area contributed by atoms with Gasteiger partial charge in [-0.2, -0.15) is 0 Å². The number of hydrogen-bond acceptors (Lipinski definition) is 2. The highest BCUT2D eigenvalue weighted by molar-refractivity contribution is 6.35. The second-order valence-electron chi connectivity index (χ2n) is 19.5. The molecule has 0 unspecified atom stereocenters. The highest BCUT2D eigenvalue weighted by Gasteiger charge is 2.36. The summed E-state index contributed by atoms with van der Waals surface area (Å²) in [6.07, 6.45) is 0. The maximum atomic E-state index is 6.45. The van der Waals surface area contributed by atoms with Gasteiger partial charge in [0.25, 0.3) is 0 Å². The molecule has 14 aromatic rings. The van der Waals surface area contributed by atoms with Crippen LogP contribution in [0.15, 0.2) is 229 Å². The number of nitrogens with zero attached hydrogens (tertiary/aromatic N) is 1. The maximum absolute atomic E-state index is 6.45. The zero-order chi connectivity index (χ0) is 45.5. The van der Waals surface area contributed by atoms with Gasteiger partial charge in [0.2, 0.25) is 0 Å². The molecule has 13 aromatic carbocycles. The molecule has 0 bridgehead atoms. The first-order valence-electron chi connectivity index (χ1n) is 24.1. The van der Waals surface area contributed by atoms with E-state index in [0.717, 1.165) is 33.6 Å². The molecule has 0 radical (unpaired) electrons. The first-order chi connectivity index (χ1) is 34.0. The van der Waals surface area contributed by atoms with Crippen molar-refractivity contribution >= 4 is 104 Å². The lowest BCUT2D eigenvalue weighted by atomic mass is 9.82. The average Bonchev–Trinajstić information content (AvgIpc) is 3.90. The standard InChI is InChI=1S/C67H43NO/c1-67(2)58-18-10-8-16-50(58)51-34-29-46(39-59(51)67)68(45-27-20-41(21-28-45)40-12-4-3-5-13-40)60-36-26-43-23-31-52-47(30-22-42-24-33-55(60)64(43)63(42)52)44-25-32-54-57(38-44)49-15-7-6-14-48(49)53-35-37-62-66(65(53)54)56-17-9-11-19-61(56)69-62/h3-39H,1-2H3. The number of hydrogen-bond donors (Lipinski definition) is 0. The quantitative estimate of drug-likeness (QED) is 0.160. The first kappa shape index (κ1) is 38.4. The fraction of sp³-hybridized carbons (Fsp3) is 0.0448. The minimum atomic E-state index is -0.133. The zero-order valence-electron chi connectivity index (χ0n) is 38.2. The van der Waals surface area contributed by atoms with E-state index in [1.807, 2.05) is 0 Å². The van der Waals surface area contributed by atoms with E-state index in [1.54, 1.807) is 0 Å². The van der Waals surface area contributed by atoms with Crippen molar-refractivity contribution in [2.24, 2.45) is 0 Å². The molecular weight excluding hydrogens is 835 g/mol. The van der Waals surface area contributed by atoms with Crippen LogP contribution in [0.3, 0.4) is 0 Å². The molecule has 0 amide bonds. The molecule has 0 saturated heterocycles. The molecule has 0 spiro atoms. The summed E-state index contributed by atoms with van der Waals surface area (Å²) in [5.41, 5.74) is 15.4. The normalized spacial score (nSPS) is 13.2.